The maximum Gasteiger partial charge on any atom is 0.271 e. The molecule has 2 aliphatic rings. The van der Waals surface area contributed by atoms with Gasteiger partial charge < -0.3 is 10.1 Å². The summed E-state index contributed by atoms with van der Waals surface area (Å²) in [6.45, 7) is 2.31. The monoisotopic (exact) mass is 405 g/mol. The van der Waals surface area contributed by atoms with Crippen molar-refractivity contribution in [2.24, 2.45) is 0 Å². The Morgan fingerprint density at radius 3 is 2.71 bits per heavy atom. The Bertz CT molecular complexity index is 929. The molecule has 0 saturated carbocycles. The predicted molar refractivity (Wildman–Crippen MR) is 101 cm³/mol. The minimum Gasteiger partial charge on any atom is -0.376 e. The molecule has 10 heteroatoms. The second kappa shape index (κ2) is 7.98. The highest BCUT2D eigenvalue weighted by atomic mass is 32.2. The highest BCUT2D eigenvalue weighted by Crippen LogP contribution is 2.21. The zero-order valence-corrected chi connectivity index (χ0v) is 16.3. The van der Waals surface area contributed by atoms with Gasteiger partial charge in [-0.3, -0.25) is 9.36 Å². The Morgan fingerprint density at radius 1 is 1.21 bits per heavy atom. The van der Waals surface area contributed by atoms with E-state index in [9.17, 15) is 13.2 Å². The van der Waals surface area contributed by atoms with E-state index in [-0.39, 0.29) is 22.6 Å². The van der Waals surface area contributed by atoms with Gasteiger partial charge in [-0.05, 0) is 37.8 Å². The quantitative estimate of drug-likeness (QED) is 0.767. The molecule has 28 heavy (non-hydrogen) atoms. The second-order valence-corrected chi connectivity index (χ2v) is 8.91. The van der Waals surface area contributed by atoms with Crippen molar-refractivity contribution in [2.45, 2.75) is 36.7 Å². The van der Waals surface area contributed by atoms with Crippen LogP contribution in [0.3, 0.4) is 0 Å². The van der Waals surface area contributed by atoms with Crippen LogP contribution in [0, 0.1) is 0 Å². The van der Waals surface area contributed by atoms with Crippen LogP contribution in [0.25, 0.3) is 5.82 Å². The van der Waals surface area contributed by atoms with E-state index in [2.05, 4.69) is 15.3 Å². The van der Waals surface area contributed by atoms with Gasteiger partial charge in [0.05, 0.1) is 6.10 Å². The van der Waals surface area contributed by atoms with Gasteiger partial charge in [0.2, 0.25) is 10.0 Å². The molecular formula is C18H23N5O4S. The number of rotatable bonds is 6. The SMILES string of the molecule is O=C(NC[C@@H]1CCCO1)c1cn(-c2ccc(S(=O)(=O)N3CCCC3)cn2)cn1. The maximum absolute atomic E-state index is 12.6. The first-order chi connectivity index (χ1) is 13.5. The molecule has 2 saturated heterocycles. The van der Waals surface area contributed by atoms with Crippen molar-refractivity contribution in [1.82, 2.24) is 24.2 Å². The number of sulfonamides is 1. The molecule has 4 rings (SSSR count). The number of pyridine rings is 1. The number of amides is 1. The highest BCUT2D eigenvalue weighted by Gasteiger charge is 2.27. The molecule has 2 aromatic rings. The first kappa shape index (κ1) is 19.0. The molecule has 1 amide bonds. The maximum atomic E-state index is 12.6. The van der Waals surface area contributed by atoms with E-state index in [0.29, 0.717) is 25.5 Å². The summed E-state index contributed by atoms with van der Waals surface area (Å²) in [5.41, 5.74) is 0.272. The third-order valence-electron chi connectivity index (χ3n) is 5.02. The number of aromatic nitrogens is 3. The van der Waals surface area contributed by atoms with Crippen molar-refractivity contribution < 1.29 is 17.9 Å². The fourth-order valence-electron chi connectivity index (χ4n) is 3.42. The lowest BCUT2D eigenvalue weighted by Crippen LogP contribution is -2.31. The van der Waals surface area contributed by atoms with Gasteiger partial charge in [0.25, 0.3) is 5.91 Å². The van der Waals surface area contributed by atoms with Crippen LogP contribution >= 0.6 is 0 Å². The van der Waals surface area contributed by atoms with Crippen molar-refractivity contribution in [1.29, 1.82) is 0 Å². The van der Waals surface area contributed by atoms with Crippen LogP contribution in [0.15, 0.2) is 35.7 Å². The van der Waals surface area contributed by atoms with Crippen molar-refractivity contribution in [2.75, 3.05) is 26.2 Å². The zero-order chi connectivity index (χ0) is 19.6. The van der Waals surface area contributed by atoms with Crippen LogP contribution in [-0.2, 0) is 14.8 Å². The second-order valence-electron chi connectivity index (χ2n) is 6.97. The third-order valence-corrected chi connectivity index (χ3v) is 6.90. The average molecular weight is 405 g/mol. The standard InChI is InChI=1S/C18H23N5O4S/c24-18(20-10-14-4-3-9-27-14)16-12-22(13-21-16)17-6-5-15(11-19-17)28(25,26)23-7-1-2-8-23/h5-6,11-14H,1-4,7-10H2,(H,20,24)/t14-/m0/s1. The highest BCUT2D eigenvalue weighted by molar-refractivity contribution is 7.89. The van der Waals surface area contributed by atoms with Gasteiger partial charge >= 0.3 is 0 Å². The molecule has 0 radical (unpaired) electrons. The zero-order valence-electron chi connectivity index (χ0n) is 15.5. The number of hydrogen-bond donors (Lipinski definition) is 1. The topological polar surface area (TPSA) is 106 Å². The van der Waals surface area contributed by atoms with Gasteiger partial charge in [-0.25, -0.2) is 18.4 Å². The van der Waals surface area contributed by atoms with Crippen molar-refractivity contribution in [3.05, 3.63) is 36.5 Å². The Balaban J connectivity index is 1.42. The molecule has 150 valence electrons. The molecule has 9 nitrogen and oxygen atoms in total. The summed E-state index contributed by atoms with van der Waals surface area (Å²) in [6.07, 6.45) is 8.21. The van der Waals surface area contributed by atoms with Crippen molar-refractivity contribution in [3.63, 3.8) is 0 Å². The molecule has 0 unspecified atom stereocenters. The van der Waals surface area contributed by atoms with Crippen molar-refractivity contribution >= 4 is 15.9 Å². The van der Waals surface area contributed by atoms with Gasteiger partial charge in [-0.2, -0.15) is 4.31 Å². The molecule has 4 heterocycles. The number of carbonyl (C=O) groups excluding carboxylic acids is 1. The van der Waals surface area contributed by atoms with Crippen LogP contribution in [-0.4, -0.2) is 65.5 Å². The molecule has 0 aliphatic carbocycles. The Kier molecular flexibility index (Phi) is 5.42. The van der Waals surface area contributed by atoms with Gasteiger partial charge in [-0.15, -0.1) is 0 Å². The van der Waals surface area contributed by atoms with Gasteiger partial charge in [-0.1, -0.05) is 0 Å². The van der Waals surface area contributed by atoms with Crippen LogP contribution in [0.1, 0.15) is 36.2 Å². The third kappa shape index (κ3) is 3.94. The summed E-state index contributed by atoms with van der Waals surface area (Å²) in [5, 5.41) is 2.82. The predicted octanol–water partition coefficient (Wildman–Crippen LogP) is 0.961. The largest absolute Gasteiger partial charge is 0.376 e. The van der Waals surface area contributed by atoms with Crippen LogP contribution in [0.2, 0.25) is 0 Å². The molecule has 0 spiro atoms. The molecular weight excluding hydrogens is 382 g/mol. The molecule has 1 atom stereocenters. The summed E-state index contributed by atoms with van der Waals surface area (Å²) in [5.74, 6) is 0.216. The minimum absolute atomic E-state index is 0.0674. The number of nitrogens with zero attached hydrogens (tertiary/aromatic N) is 4. The fourth-order valence-corrected chi connectivity index (χ4v) is 4.89. The van der Waals surface area contributed by atoms with Gasteiger partial charge in [0.1, 0.15) is 22.7 Å². The summed E-state index contributed by atoms with van der Waals surface area (Å²) in [7, 11) is -3.49. The smallest absolute Gasteiger partial charge is 0.271 e. The van der Waals surface area contributed by atoms with Crippen LogP contribution in [0.5, 0.6) is 0 Å². The summed E-state index contributed by atoms with van der Waals surface area (Å²) in [4.78, 5) is 20.8. The lowest BCUT2D eigenvalue weighted by atomic mass is 10.2. The number of carbonyl (C=O) groups is 1. The summed E-state index contributed by atoms with van der Waals surface area (Å²) < 4.78 is 33.7. The van der Waals surface area contributed by atoms with E-state index in [1.807, 2.05) is 0 Å². The van der Waals surface area contributed by atoms with E-state index < -0.39 is 10.0 Å². The average Bonchev–Trinajstić information content (AvgIpc) is 3.48. The minimum atomic E-state index is -3.49. The van der Waals surface area contributed by atoms with Crippen molar-refractivity contribution in [3.8, 4) is 5.82 Å². The Morgan fingerprint density at radius 2 is 2.04 bits per heavy atom. The molecule has 0 aromatic carbocycles. The lowest BCUT2D eigenvalue weighted by molar-refractivity contribution is 0.0854. The van der Waals surface area contributed by atoms with Gasteiger partial charge in [0.15, 0.2) is 0 Å². The first-order valence-corrected chi connectivity index (χ1v) is 10.9. The Hall–Kier alpha value is -2.30. The summed E-state index contributed by atoms with van der Waals surface area (Å²) >= 11 is 0. The number of nitrogens with one attached hydrogen (secondary N) is 1. The van der Waals surface area contributed by atoms with E-state index in [0.717, 1.165) is 32.3 Å². The van der Waals surface area contributed by atoms with E-state index in [1.54, 1.807) is 16.8 Å². The van der Waals surface area contributed by atoms with Crippen LogP contribution in [0.4, 0.5) is 0 Å². The molecule has 2 aliphatic heterocycles. The number of hydrogen-bond acceptors (Lipinski definition) is 6. The van der Waals surface area contributed by atoms with Gasteiger partial charge in [0, 0.05) is 38.6 Å². The molecule has 2 aromatic heterocycles. The van der Waals surface area contributed by atoms with E-state index in [1.165, 1.54) is 22.9 Å². The van der Waals surface area contributed by atoms with Crippen LogP contribution < -0.4 is 5.32 Å². The molecule has 0 bridgehead atoms. The van der Waals surface area contributed by atoms with E-state index >= 15 is 0 Å². The first-order valence-electron chi connectivity index (χ1n) is 9.44. The fraction of sp³-hybridized carbons (Fsp3) is 0.500. The normalized spacial score (nSPS) is 20.5. The lowest BCUT2D eigenvalue weighted by Gasteiger charge is -2.15. The molecule has 2 fully saturated rings. The van der Waals surface area contributed by atoms with E-state index in [4.69, 9.17) is 4.74 Å². The number of imidazole rings is 1. The number of ether oxygens (including phenoxy) is 1. The Labute approximate surface area is 163 Å². The summed E-state index contributed by atoms with van der Waals surface area (Å²) in [6, 6.07) is 3.14. The molecule has 1 N–H and O–H groups in total.